The number of aromatic nitrogens is 1. The van der Waals surface area contributed by atoms with E-state index in [1.165, 1.54) is 0 Å². The normalized spacial score (nSPS) is 21.2. The molecule has 6 heteroatoms. The van der Waals surface area contributed by atoms with Gasteiger partial charge in [-0.2, -0.15) is 0 Å². The lowest BCUT2D eigenvalue weighted by atomic mass is 10.3. The summed E-state index contributed by atoms with van der Waals surface area (Å²) < 4.78 is 4.90. The van der Waals surface area contributed by atoms with Crippen molar-refractivity contribution in [1.29, 1.82) is 0 Å². The summed E-state index contributed by atoms with van der Waals surface area (Å²) in [6, 6.07) is 1.88. The molecule has 1 aromatic rings. The number of rotatable bonds is 3. The Morgan fingerprint density at radius 2 is 2.62 bits per heavy atom. The maximum absolute atomic E-state index is 11.6. The van der Waals surface area contributed by atoms with Crippen molar-refractivity contribution in [2.75, 3.05) is 25.0 Å². The van der Waals surface area contributed by atoms with Crippen LogP contribution in [0.15, 0.2) is 10.6 Å². The second-order valence-corrected chi connectivity index (χ2v) is 4.16. The molecular formula is C10H16N4O2. The van der Waals surface area contributed by atoms with Crippen LogP contribution in [0.4, 0.5) is 5.88 Å². The lowest BCUT2D eigenvalue weighted by Crippen LogP contribution is -2.33. The number of likely N-dealkylation sites (tertiary alicyclic amines) is 1. The van der Waals surface area contributed by atoms with E-state index >= 15 is 0 Å². The largest absolute Gasteiger partial charge is 0.338 e. The smallest absolute Gasteiger partial charge is 0.240 e. The molecule has 3 N–H and O–H groups in total. The van der Waals surface area contributed by atoms with Crippen LogP contribution in [-0.2, 0) is 4.79 Å². The van der Waals surface area contributed by atoms with Gasteiger partial charge in [0.15, 0.2) is 0 Å². The van der Waals surface area contributed by atoms with E-state index in [0.29, 0.717) is 12.4 Å². The second kappa shape index (κ2) is 4.63. The number of carbonyl (C=O) groups is 1. The summed E-state index contributed by atoms with van der Waals surface area (Å²) in [5.41, 5.74) is 6.50. The Bertz CT molecular complexity index is 377. The molecule has 1 aromatic heterocycles. The first kappa shape index (κ1) is 11.1. The van der Waals surface area contributed by atoms with E-state index in [1.54, 1.807) is 13.0 Å². The zero-order chi connectivity index (χ0) is 11.5. The monoisotopic (exact) mass is 224 g/mol. The maximum atomic E-state index is 11.6. The highest BCUT2D eigenvalue weighted by atomic mass is 16.5. The fraction of sp³-hybridized carbons (Fsp3) is 0.600. The first-order chi connectivity index (χ1) is 7.63. The van der Waals surface area contributed by atoms with Crippen LogP contribution < -0.4 is 11.1 Å². The molecule has 88 valence electrons. The van der Waals surface area contributed by atoms with Crippen molar-refractivity contribution >= 4 is 11.8 Å². The quantitative estimate of drug-likeness (QED) is 0.752. The highest BCUT2D eigenvalue weighted by Crippen LogP contribution is 2.10. The van der Waals surface area contributed by atoms with Gasteiger partial charge in [-0.25, -0.2) is 0 Å². The topological polar surface area (TPSA) is 84.4 Å². The molecule has 0 bridgehead atoms. The van der Waals surface area contributed by atoms with Gasteiger partial charge in [0.2, 0.25) is 11.8 Å². The van der Waals surface area contributed by atoms with Crippen molar-refractivity contribution in [1.82, 2.24) is 10.1 Å². The fourth-order valence-corrected chi connectivity index (χ4v) is 1.81. The number of aryl methyl sites for hydroxylation is 1. The molecule has 0 spiro atoms. The Morgan fingerprint density at radius 1 is 1.81 bits per heavy atom. The standard InChI is InChI=1S/C10H16N4O2/c1-7-4-10(16-13-7)12-9(15)6-14-3-2-8(11)5-14/h4,8H,2-3,5-6,11H2,1H3,(H,12,15)/t8-/m0/s1. The van der Waals surface area contributed by atoms with E-state index in [9.17, 15) is 4.79 Å². The molecule has 0 saturated carbocycles. The summed E-state index contributed by atoms with van der Waals surface area (Å²) >= 11 is 0. The number of hydrogen-bond donors (Lipinski definition) is 2. The number of nitrogens with one attached hydrogen (secondary N) is 1. The van der Waals surface area contributed by atoms with E-state index in [0.717, 1.165) is 25.2 Å². The van der Waals surface area contributed by atoms with E-state index < -0.39 is 0 Å². The number of amides is 1. The third-order valence-corrected chi connectivity index (χ3v) is 2.57. The average molecular weight is 224 g/mol. The van der Waals surface area contributed by atoms with Gasteiger partial charge in [-0.15, -0.1) is 0 Å². The molecule has 1 amide bonds. The molecule has 16 heavy (non-hydrogen) atoms. The van der Waals surface area contributed by atoms with Gasteiger partial charge in [-0.05, 0) is 13.3 Å². The van der Waals surface area contributed by atoms with E-state index in [-0.39, 0.29) is 11.9 Å². The Hall–Kier alpha value is -1.40. The minimum atomic E-state index is -0.0924. The van der Waals surface area contributed by atoms with Crippen LogP contribution in [-0.4, -0.2) is 41.6 Å². The highest BCUT2D eigenvalue weighted by molar-refractivity contribution is 5.90. The molecular weight excluding hydrogens is 208 g/mol. The third-order valence-electron chi connectivity index (χ3n) is 2.57. The van der Waals surface area contributed by atoms with Gasteiger partial charge < -0.3 is 10.3 Å². The van der Waals surface area contributed by atoms with Gasteiger partial charge in [-0.3, -0.25) is 15.0 Å². The summed E-state index contributed by atoms with van der Waals surface area (Å²) in [4.78, 5) is 13.6. The Morgan fingerprint density at radius 3 is 3.19 bits per heavy atom. The van der Waals surface area contributed by atoms with E-state index in [1.807, 2.05) is 4.90 Å². The molecule has 1 aliphatic heterocycles. The lowest BCUT2D eigenvalue weighted by Gasteiger charge is -2.13. The van der Waals surface area contributed by atoms with Crippen molar-refractivity contribution in [3.8, 4) is 0 Å². The highest BCUT2D eigenvalue weighted by Gasteiger charge is 2.21. The molecule has 0 aliphatic carbocycles. The molecule has 1 saturated heterocycles. The van der Waals surface area contributed by atoms with Gasteiger partial charge in [0.1, 0.15) is 0 Å². The summed E-state index contributed by atoms with van der Waals surface area (Å²) in [7, 11) is 0. The first-order valence-electron chi connectivity index (χ1n) is 5.34. The first-order valence-corrected chi connectivity index (χ1v) is 5.34. The van der Waals surface area contributed by atoms with Crippen LogP contribution in [0.5, 0.6) is 0 Å². The summed E-state index contributed by atoms with van der Waals surface area (Å²) in [6.07, 6.45) is 0.953. The molecule has 1 fully saturated rings. The number of anilines is 1. The van der Waals surface area contributed by atoms with Crippen LogP contribution in [0, 0.1) is 6.92 Å². The fourth-order valence-electron chi connectivity index (χ4n) is 1.81. The third kappa shape index (κ3) is 2.80. The zero-order valence-corrected chi connectivity index (χ0v) is 9.27. The number of hydrogen-bond acceptors (Lipinski definition) is 5. The molecule has 0 aromatic carbocycles. The van der Waals surface area contributed by atoms with Gasteiger partial charge in [0, 0.05) is 25.2 Å². The SMILES string of the molecule is Cc1cc(NC(=O)CN2CC[C@H](N)C2)on1. The minimum Gasteiger partial charge on any atom is -0.338 e. The van der Waals surface area contributed by atoms with Gasteiger partial charge >= 0.3 is 0 Å². The molecule has 1 atom stereocenters. The molecule has 0 radical (unpaired) electrons. The van der Waals surface area contributed by atoms with E-state index in [2.05, 4.69) is 10.5 Å². The summed E-state index contributed by atoms with van der Waals surface area (Å²) in [5.74, 6) is 0.302. The second-order valence-electron chi connectivity index (χ2n) is 4.16. The van der Waals surface area contributed by atoms with E-state index in [4.69, 9.17) is 10.3 Å². The lowest BCUT2D eigenvalue weighted by molar-refractivity contribution is -0.117. The predicted octanol–water partition coefficient (Wildman–Crippen LogP) is -0.0455. The predicted molar refractivity (Wildman–Crippen MR) is 58.9 cm³/mol. The van der Waals surface area contributed by atoms with Crippen molar-refractivity contribution in [3.05, 3.63) is 11.8 Å². The minimum absolute atomic E-state index is 0.0924. The van der Waals surface area contributed by atoms with Crippen LogP contribution in [0.2, 0.25) is 0 Å². The molecule has 2 rings (SSSR count). The molecule has 2 heterocycles. The van der Waals surface area contributed by atoms with Crippen LogP contribution >= 0.6 is 0 Å². The summed E-state index contributed by atoms with van der Waals surface area (Å²) in [6.45, 7) is 3.82. The van der Waals surface area contributed by atoms with Crippen molar-refractivity contribution in [2.45, 2.75) is 19.4 Å². The number of carbonyl (C=O) groups excluding carboxylic acids is 1. The van der Waals surface area contributed by atoms with Gasteiger partial charge in [0.25, 0.3) is 0 Å². The molecule has 6 nitrogen and oxygen atoms in total. The Labute approximate surface area is 93.8 Å². The summed E-state index contributed by atoms with van der Waals surface area (Å²) in [5, 5.41) is 6.34. The van der Waals surface area contributed by atoms with Gasteiger partial charge in [-0.1, -0.05) is 5.16 Å². The Kier molecular flexibility index (Phi) is 3.21. The van der Waals surface area contributed by atoms with Crippen LogP contribution in [0.1, 0.15) is 12.1 Å². The maximum Gasteiger partial charge on any atom is 0.240 e. The molecule has 1 aliphatic rings. The average Bonchev–Trinajstić information content (AvgIpc) is 2.76. The Balaban J connectivity index is 1.80. The zero-order valence-electron chi connectivity index (χ0n) is 9.27. The van der Waals surface area contributed by atoms with Crippen molar-refractivity contribution in [2.24, 2.45) is 5.73 Å². The van der Waals surface area contributed by atoms with Crippen LogP contribution in [0.25, 0.3) is 0 Å². The number of nitrogens with zero attached hydrogens (tertiary/aromatic N) is 2. The number of nitrogens with two attached hydrogens (primary N) is 1. The van der Waals surface area contributed by atoms with Crippen LogP contribution in [0.3, 0.4) is 0 Å². The van der Waals surface area contributed by atoms with Crippen molar-refractivity contribution in [3.63, 3.8) is 0 Å². The molecule has 0 unspecified atom stereocenters. The van der Waals surface area contributed by atoms with Crippen molar-refractivity contribution < 1.29 is 9.32 Å². The van der Waals surface area contributed by atoms with Gasteiger partial charge in [0.05, 0.1) is 12.2 Å².